The molecule has 0 aliphatic rings. The summed E-state index contributed by atoms with van der Waals surface area (Å²) < 4.78 is 1.04. The summed E-state index contributed by atoms with van der Waals surface area (Å²) >= 11 is 6.68. The molecule has 4 rings (SSSR count). The summed E-state index contributed by atoms with van der Waals surface area (Å²) in [5.74, 6) is 0.680. The molecule has 0 amide bonds. The molecule has 0 atom stereocenters. The van der Waals surface area contributed by atoms with Gasteiger partial charge in [-0.15, -0.1) is 23.1 Å². The summed E-state index contributed by atoms with van der Waals surface area (Å²) in [6, 6.07) is 14.8. The average molecular weight is 458 g/mol. The quantitative estimate of drug-likeness (QED) is 0.152. The molecule has 4 aromatic rings. The van der Waals surface area contributed by atoms with E-state index in [1.165, 1.54) is 12.1 Å². The van der Waals surface area contributed by atoms with E-state index in [4.69, 9.17) is 0 Å². The van der Waals surface area contributed by atoms with E-state index in [0.717, 1.165) is 36.4 Å². The van der Waals surface area contributed by atoms with Crippen molar-refractivity contribution in [1.82, 2.24) is 9.97 Å². The van der Waals surface area contributed by atoms with Crippen LogP contribution in [-0.2, 0) is 5.75 Å². The van der Waals surface area contributed by atoms with Gasteiger partial charge >= 0.3 is 0 Å². The van der Waals surface area contributed by atoms with Crippen molar-refractivity contribution in [1.29, 1.82) is 0 Å². The summed E-state index contributed by atoms with van der Waals surface area (Å²) in [4.78, 5) is 20.2. The van der Waals surface area contributed by atoms with Crippen molar-refractivity contribution in [2.75, 3.05) is 0 Å². The van der Waals surface area contributed by atoms with Crippen LogP contribution in [0.25, 0.3) is 21.3 Å². The lowest BCUT2D eigenvalue weighted by atomic mass is 10.1. The van der Waals surface area contributed by atoms with Gasteiger partial charge in [0.05, 0.1) is 10.3 Å². The maximum Gasteiger partial charge on any atom is 0.269 e. The molecule has 0 unspecified atom stereocenters. The third-order valence-corrected chi connectivity index (χ3v) is 6.49. The van der Waals surface area contributed by atoms with Crippen molar-refractivity contribution >= 4 is 54.9 Å². The van der Waals surface area contributed by atoms with Gasteiger partial charge in [0.1, 0.15) is 16.2 Å². The Kier molecular flexibility index (Phi) is 5.20. The molecule has 0 fully saturated rings. The van der Waals surface area contributed by atoms with Gasteiger partial charge in [-0.3, -0.25) is 10.1 Å². The Bertz CT molecular complexity index is 1110. The molecule has 0 saturated heterocycles. The first-order chi connectivity index (χ1) is 13.1. The van der Waals surface area contributed by atoms with Crippen molar-refractivity contribution in [3.05, 3.63) is 80.4 Å². The fourth-order valence-corrected chi connectivity index (χ4v) is 4.88. The zero-order chi connectivity index (χ0) is 18.8. The number of hydrogen-bond donors (Lipinski definition) is 0. The molecule has 8 heteroatoms. The van der Waals surface area contributed by atoms with Crippen LogP contribution in [0.15, 0.2) is 69.7 Å². The Balaban J connectivity index is 1.64. The Labute approximate surface area is 171 Å². The molecule has 2 aromatic heterocycles. The number of thiophene rings is 1. The van der Waals surface area contributed by atoms with Crippen LogP contribution >= 0.6 is 39.0 Å². The van der Waals surface area contributed by atoms with Gasteiger partial charge in [-0.05, 0) is 23.3 Å². The van der Waals surface area contributed by atoms with Crippen molar-refractivity contribution in [3.8, 4) is 11.1 Å². The Hall–Kier alpha value is -2.29. The number of nitro groups is 1. The first kappa shape index (κ1) is 18.1. The normalized spacial score (nSPS) is 11.0. The van der Waals surface area contributed by atoms with Gasteiger partial charge in [-0.1, -0.05) is 40.2 Å². The van der Waals surface area contributed by atoms with E-state index < -0.39 is 0 Å². The molecule has 0 saturated carbocycles. The van der Waals surface area contributed by atoms with Crippen LogP contribution in [0.2, 0.25) is 0 Å². The standard InChI is InChI=1S/C19H12BrN3O2S2/c20-14-5-3-13(4-6-14)16-10-27-19-17(16)18(21-11-22-19)26-9-12-1-7-15(8-2-12)23(24)25/h1-8,10-11H,9H2. The van der Waals surface area contributed by atoms with Gasteiger partial charge in [0.15, 0.2) is 0 Å². The summed E-state index contributed by atoms with van der Waals surface area (Å²) in [5, 5.41) is 14.9. The minimum Gasteiger partial charge on any atom is -0.258 e. The number of rotatable bonds is 5. The van der Waals surface area contributed by atoms with E-state index in [0.29, 0.717) is 5.75 Å². The van der Waals surface area contributed by atoms with Crippen molar-refractivity contribution in [2.24, 2.45) is 0 Å². The SMILES string of the molecule is O=[N+]([O-])c1ccc(CSc2ncnc3scc(-c4ccc(Br)cc4)c23)cc1. The second-order valence-corrected chi connectivity index (χ2v) is 8.47. The lowest BCUT2D eigenvalue weighted by molar-refractivity contribution is -0.384. The van der Waals surface area contributed by atoms with Crippen LogP contribution in [0, 0.1) is 10.1 Å². The predicted molar refractivity (Wildman–Crippen MR) is 113 cm³/mol. The third kappa shape index (κ3) is 3.87. The van der Waals surface area contributed by atoms with E-state index in [1.807, 2.05) is 12.1 Å². The van der Waals surface area contributed by atoms with Gasteiger partial charge in [-0.2, -0.15) is 0 Å². The number of halogens is 1. The highest BCUT2D eigenvalue weighted by Gasteiger charge is 2.14. The van der Waals surface area contributed by atoms with Crippen molar-refractivity contribution in [2.45, 2.75) is 10.8 Å². The molecule has 134 valence electrons. The summed E-state index contributed by atoms with van der Waals surface area (Å²) in [6.45, 7) is 0. The van der Waals surface area contributed by atoms with Crippen LogP contribution in [0.3, 0.4) is 0 Å². The van der Waals surface area contributed by atoms with Crippen LogP contribution in [0.1, 0.15) is 5.56 Å². The first-order valence-corrected chi connectivity index (χ1v) is 10.6. The largest absolute Gasteiger partial charge is 0.269 e. The molecular weight excluding hydrogens is 446 g/mol. The zero-order valence-corrected chi connectivity index (χ0v) is 17.1. The molecule has 0 radical (unpaired) electrons. The number of nitrogens with zero attached hydrogens (tertiary/aromatic N) is 3. The van der Waals surface area contributed by atoms with Crippen molar-refractivity contribution < 1.29 is 4.92 Å². The molecular formula is C19H12BrN3O2S2. The maximum atomic E-state index is 10.8. The van der Waals surface area contributed by atoms with Gasteiger partial charge in [-0.25, -0.2) is 9.97 Å². The van der Waals surface area contributed by atoms with E-state index in [9.17, 15) is 10.1 Å². The van der Waals surface area contributed by atoms with Crippen molar-refractivity contribution in [3.63, 3.8) is 0 Å². The lowest BCUT2D eigenvalue weighted by Gasteiger charge is -2.06. The molecule has 2 heterocycles. The number of aromatic nitrogens is 2. The smallest absolute Gasteiger partial charge is 0.258 e. The number of hydrogen-bond acceptors (Lipinski definition) is 6. The molecule has 0 aliphatic heterocycles. The number of fused-ring (bicyclic) bond motifs is 1. The molecule has 0 aliphatic carbocycles. The Morgan fingerprint density at radius 3 is 2.52 bits per heavy atom. The second-order valence-electron chi connectivity index (χ2n) is 5.73. The van der Waals surface area contributed by atoms with Crippen LogP contribution < -0.4 is 0 Å². The second kappa shape index (κ2) is 7.75. The minimum absolute atomic E-state index is 0.100. The number of nitro benzene ring substituents is 1. The predicted octanol–water partition coefficient (Wildman–Crippen LogP) is 6.32. The lowest BCUT2D eigenvalue weighted by Crippen LogP contribution is -1.89. The fourth-order valence-electron chi connectivity index (χ4n) is 2.66. The van der Waals surface area contributed by atoms with E-state index in [2.05, 4.69) is 43.4 Å². The van der Waals surface area contributed by atoms with Gasteiger partial charge in [0, 0.05) is 33.3 Å². The molecule has 0 N–H and O–H groups in total. The first-order valence-electron chi connectivity index (χ1n) is 7.96. The molecule has 0 bridgehead atoms. The van der Waals surface area contributed by atoms with Gasteiger partial charge in [0.2, 0.25) is 0 Å². The number of benzene rings is 2. The van der Waals surface area contributed by atoms with Crippen LogP contribution in [-0.4, -0.2) is 14.9 Å². The van der Waals surface area contributed by atoms with E-state index in [1.54, 1.807) is 41.6 Å². The minimum atomic E-state index is -0.388. The highest BCUT2D eigenvalue weighted by Crippen LogP contribution is 2.39. The summed E-state index contributed by atoms with van der Waals surface area (Å²) in [6.07, 6.45) is 1.59. The van der Waals surface area contributed by atoms with Gasteiger partial charge in [0.25, 0.3) is 5.69 Å². The third-order valence-electron chi connectivity index (χ3n) is 4.01. The van der Waals surface area contributed by atoms with Crippen LogP contribution in [0.5, 0.6) is 0 Å². The topological polar surface area (TPSA) is 68.9 Å². The summed E-state index contributed by atoms with van der Waals surface area (Å²) in [7, 11) is 0. The van der Waals surface area contributed by atoms with E-state index in [-0.39, 0.29) is 10.6 Å². The van der Waals surface area contributed by atoms with Crippen LogP contribution in [0.4, 0.5) is 5.69 Å². The number of non-ortho nitro benzene ring substituents is 1. The molecule has 2 aromatic carbocycles. The van der Waals surface area contributed by atoms with Gasteiger partial charge < -0.3 is 0 Å². The number of thioether (sulfide) groups is 1. The Morgan fingerprint density at radius 1 is 1.07 bits per heavy atom. The highest BCUT2D eigenvalue weighted by atomic mass is 79.9. The fraction of sp³-hybridized carbons (Fsp3) is 0.0526. The maximum absolute atomic E-state index is 10.8. The highest BCUT2D eigenvalue weighted by molar-refractivity contribution is 9.10. The van der Waals surface area contributed by atoms with E-state index >= 15 is 0 Å². The molecule has 27 heavy (non-hydrogen) atoms. The molecule has 5 nitrogen and oxygen atoms in total. The summed E-state index contributed by atoms with van der Waals surface area (Å²) in [5.41, 5.74) is 3.35. The average Bonchev–Trinajstić information content (AvgIpc) is 3.12. The molecule has 0 spiro atoms. The zero-order valence-electron chi connectivity index (χ0n) is 13.8. The Morgan fingerprint density at radius 2 is 1.81 bits per heavy atom. The monoisotopic (exact) mass is 457 g/mol.